The summed E-state index contributed by atoms with van der Waals surface area (Å²) in [6, 6.07) is 10.3. The second-order valence-corrected chi connectivity index (χ2v) is 8.62. The van der Waals surface area contributed by atoms with Crippen LogP contribution >= 0.6 is 46.7 Å². The summed E-state index contributed by atoms with van der Waals surface area (Å²) in [6.45, 7) is 7.76. The standard InChI is InChI=1S/C20H25N5S2.HI/c1-13-15(3)26-18(24-13)10-11-22-20(21-4)23-12-17-14(2)25-19(27-17)16-8-6-5-7-9-16;/h5-9H,10-12H2,1-4H3,(H2,21,22,23);1H. The Morgan fingerprint density at radius 1 is 1.00 bits per heavy atom. The van der Waals surface area contributed by atoms with Gasteiger partial charge < -0.3 is 10.6 Å². The Morgan fingerprint density at radius 3 is 2.39 bits per heavy atom. The minimum Gasteiger partial charge on any atom is -0.356 e. The van der Waals surface area contributed by atoms with Gasteiger partial charge in [0.25, 0.3) is 0 Å². The number of aryl methyl sites for hydroxylation is 3. The molecule has 0 aliphatic heterocycles. The van der Waals surface area contributed by atoms with E-state index >= 15 is 0 Å². The van der Waals surface area contributed by atoms with Crippen LogP contribution in [0.2, 0.25) is 0 Å². The highest BCUT2D eigenvalue weighted by Crippen LogP contribution is 2.27. The van der Waals surface area contributed by atoms with Crippen molar-refractivity contribution in [3.63, 3.8) is 0 Å². The summed E-state index contributed by atoms with van der Waals surface area (Å²) in [5.74, 6) is 0.800. The molecule has 0 bridgehead atoms. The van der Waals surface area contributed by atoms with Crippen molar-refractivity contribution >= 4 is 52.6 Å². The Balaban J connectivity index is 0.00000280. The van der Waals surface area contributed by atoms with Gasteiger partial charge in [-0.25, -0.2) is 9.97 Å². The van der Waals surface area contributed by atoms with Gasteiger partial charge in [-0.15, -0.1) is 46.7 Å². The SMILES string of the molecule is CN=C(NCCc1nc(C)c(C)s1)NCc1sc(-c2ccccc2)nc1C.I. The van der Waals surface area contributed by atoms with Crippen LogP contribution in [0.3, 0.4) is 0 Å². The number of rotatable bonds is 6. The number of benzene rings is 1. The van der Waals surface area contributed by atoms with Crippen molar-refractivity contribution in [3.8, 4) is 10.6 Å². The number of hydrogen-bond donors (Lipinski definition) is 2. The van der Waals surface area contributed by atoms with E-state index in [1.54, 1.807) is 29.7 Å². The van der Waals surface area contributed by atoms with Crippen LogP contribution < -0.4 is 10.6 Å². The maximum absolute atomic E-state index is 4.71. The summed E-state index contributed by atoms with van der Waals surface area (Å²) < 4.78 is 0. The third kappa shape index (κ3) is 5.99. The van der Waals surface area contributed by atoms with Crippen molar-refractivity contribution in [2.24, 2.45) is 4.99 Å². The summed E-state index contributed by atoms with van der Waals surface area (Å²) in [4.78, 5) is 16.1. The lowest BCUT2D eigenvalue weighted by molar-refractivity contribution is 0.792. The van der Waals surface area contributed by atoms with E-state index in [2.05, 4.69) is 53.5 Å². The molecule has 150 valence electrons. The van der Waals surface area contributed by atoms with Crippen LogP contribution in [0, 0.1) is 20.8 Å². The molecule has 28 heavy (non-hydrogen) atoms. The molecule has 5 nitrogen and oxygen atoms in total. The highest BCUT2D eigenvalue weighted by molar-refractivity contribution is 14.0. The van der Waals surface area contributed by atoms with Crippen LogP contribution in [0.4, 0.5) is 0 Å². The van der Waals surface area contributed by atoms with E-state index in [-0.39, 0.29) is 24.0 Å². The number of nitrogens with one attached hydrogen (secondary N) is 2. The Kier molecular flexibility index (Phi) is 8.84. The largest absolute Gasteiger partial charge is 0.356 e. The number of guanidine groups is 1. The molecule has 3 rings (SSSR count). The number of thiazole rings is 2. The summed E-state index contributed by atoms with van der Waals surface area (Å²) >= 11 is 3.49. The highest BCUT2D eigenvalue weighted by atomic mass is 127. The molecule has 0 amide bonds. The fourth-order valence-corrected chi connectivity index (χ4v) is 4.56. The zero-order valence-corrected chi connectivity index (χ0v) is 20.5. The van der Waals surface area contributed by atoms with Gasteiger partial charge in [0.15, 0.2) is 5.96 Å². The molecule has 0 spiro atoms. The summed E-state index contributed by atoms with van der Waals surface area (Å²) in [6.07, 6.45) is 0.901. The topological polar surface area (TPSA) is 62.2 Å². The first kappa shape index (κ1) is 22.8. The molecule has 3 aromatic rings. The number of halogens is 1. The number of aliphatic imine (C=N–C) groups is 1. The molecule has 1 aromatic carbocycles. The van der Waals surface area contributed by atoms with Crippen molar-refractivity contribution in [1.29, 1.82) is 0 Å². The molecular weight excluding hydrogens is 501 g/mol. The molecule has 2 aromatic heterocycles. The van der Waals surface area contributed by atoms with E-state index in [0.717, 1.165) is 40.9 Å². The fraction of sp³-hybridized carbons (Fsp3) is 0.350. The predicted octanol–water partition coefficient (Wildman–Crippen LogP) is 4.72. The molecular formula is C20H26IN5S2. The highest BCUT2D eigenvalue weighted by Gasteiger charge is 2.10. The molecule has 0 unspecified atom stereocenters. The van der Waals surface area contributed by atoms with Gasteiger partial charge in [0.05, 0.1) is 22.9 Å². The van der Waals surface area contributed by atoms with E-state index < -0.39 is 0 Å². The molecule has 0 fully saturated rings. The second-order valence-electron chi connectivity index (χ2n) is 6.25. The number of hydrogen-bond acceptors (Lipinski definition) is 5. The van der Waals surface area contributed by atoms with Crippen LogP contribution in [0.1, 0.15) is 26.1 Å². The van der Waals surface area contributed by atoms with Gasteiger partial charge in [-0.3, -0.25) is 4.99 Å². The van der Waals surface area contributed by atoms with Crippen molar-refractivity contribution < 1.29 is 0 Å². The zero-order valence-electron chi connectivity index (χ0n) is 16.6. The number of nitrogens with zero attached hydrogens (tertiary/aromatic N) is 3. The second kappa shape index (κ2) is 10.9. The average molecular weight is 528 g/mol. The molecule has 0 aliphatic rings. The third-order valence-electron chi connectivity index (χ3n) is 4.26. The lowest BCUT2D eigenvalue weighted by Crippen LogP contribution is -2.37. The van der Waals surface area contributed by atoms with Gasteiger partial charge in [-0.2, -0.15) is 0 Å². The van der Waals surface area contributed by atoms with Crippen molar-refractivity contribution in [3.05, 3.63) is 56.5 Å². The van der Waals surface area contributed by atoms with Crippen molar-refractivity contribution in [2.45, 2.75) is 33.7 Å². The first-order valence-electron chi connectivity index (χ1n) is 8.96. The average Bonchev–Trinajstić information content (AvgIpc) is 3.20. The smallest absolute Gasteiger partial charge is 0.191 e. The van der Waals surface area contributed by atoms with Crippen LogP contribution in [0.5, 0.6) is 0 Å². The van der Waals surface area contributed by atoms with Gasteiger partial charge >= 0.3 is 0 Å². The summed E-state index contributed by atoms with van der Waals surface area (Å²) in [5.41, 5.74) is 3.36. The van der Waals surface area contributed by atoms with Crippen molar-refractivity contribution in [1.82, 2.24) is 20.6 Å². The van der Waals surface area contributed by atoms with Crippen LogP contribution in [-0.2, 0) is 13.0 Å². The fourth-order valence-electron chi connectivity index (χ4n) is 2.61. The quantitative estimate of drug-likeness (QED) is 0.277. The van der Waals surface area contributed by atoms with Gasteiger partial charge in [-0.05, 0) is 20.8 Å². The third-order valence-corrected chi connectivity index (χ3v) is 6.60. The van der Waals surface area contributed by atoms with Gasteiger partial charge in [0.2, 0.25) is 0 Å². The lowest BCUT2D eigenvalue weighted by Gasteiger charge is -2.10. The van der Waals surface area contributed by atoms with Crippen LogP contribution in [-0.4, -0.2) is 29.5 Å². The molecule has 0 saturated carbocycles. The summed E-state index contributed by atoms with van der Waals surface area (Å²) in [7, 11) is 1.79. The van der Waals surface area contributed by atoms with E-state index in [1.807, 2.05) is 18.2 Å². The normalized spacial score (nSPS) is 11.2. The zero-order chi connectivity index (χ0) is 19.2. The Hall–Kier alpha value is -1.52. The Labute approximate surface area is 191 Å². The molecule has 8 heteroatoms. The Bertz CT molecular complexity index is 899. The molecule has 2 N–H and O–H groups in total. The van der Waals surface area contributed by atoms with E-state index in [9.17, 15) is 0 Å². The molecule has 0 atom stereocenters. The first-order valence-corrected chi connectivity index (χ1v) is 10.6. The van der Waals surface area contributed by atoms with Crippen LogP contribution in [0.15, 0.2) is 35.3 Å². The van der Waals surface area contributed by atoms with Gasteiger partial charge in [-0.1, -0.05) is 30.3 Å². The Morgan fingerprint density at radius 2 is 1.75 bits per heavy atom. The van der Waals surface area contributed by atoms with E-state index in [4.69, 9.17) is 4.98 Å². The minimum atomic E-state index is 0. The van der Waals surface area contributed by atoms with Gasteiger partial charge in [0.1, 0.15) is 5.01 Å². The number of aromatic nitrogens is 2. The van der Waals surface area contributed by atoms with Crippen molar-refractivity contribution in [2.75, 3.05) is 13.6 Å². The van der Waals surface area contributed by atoms with Gasteiger partial charge in [0, 0.05) is 35.3 Å². The monoisotopic (exact) mass is 527 g/mol. The van der Waals surface area contributed by atoms with Crippen LogP contribution in [0.25, 0.3) is 10.6 Å². The van der Waals surface area contributed by atoms with E-state index in [0.29, 0.717) is 6.54 Å². The van der Waals surface area contributed by atoms with E-state index in [1.165, 1.54) is 14.8 Å². The summed E-state index contributed by atoms with van der Waals surface area (Å²) in [5, 5.41) is 8.97. The lowest BCUT2D eigenvalue weighted by atomic mass is 10.2. The maximum atomic E-state index is 4.71. The molecule has 0 aliphatic carbocycles. The first-order chi connectivity index (χ1) is 13.1. The molecule has 0 radical (unpaired) electrons. The predicted molar refractivity (Wildman–Crippen MR) is 131 cm³/mol. The molecule has 2 heterocycles. The maximum Gasteiger partial charge on any atom is 0.191 e. The minimum absolute atomic E-state index is 0. The molecule has 0 saturated heterocycles.